The number of carbonyl (C=O) groups excluding carboxylic acids is 1. The van der Waals surface area contributed by atoms with E-state index in [1.54, 1.807) is 0 Å². The van der Waals surface area contributed by atoms with Crippen LogP contribution in [0, 0.1) is 0 Å². The Hall–Kier alpha value is -0.770. The largest absolute Gasteiger partial charge is 0.448 e. The Morgan fingerprint density at radius 1 is 0.724 bits per heavy atom. The molecule has 0 spiro atoms. The zero-order valence-corrected chi connectivity index (χ0v) is 19.5. The fraction of sp³-hybridized carbons (Fsp3) is 0.960. The molecule has 1 rings (SSSR count). The third kappa shape index (κ3) is 17.8. The van der Waals surface area contributed by atoms with Crippen LogP contribution in [-0.2, 0) is 4.74 Å². The van der Waals surface area contributed by atoms with Crippen molar-refractivity contribution in [3.05, 3.63) is 0 Å². The summed E-state index contributed by atoms with van der Waals surface area (Å²) in [6.07, 6.45) is 24.3. The molecule has 0 radical (unpaired) electrons. The molecule has 0 unspecified atom stereocenters. The van der Waals surface area contributed by atoms with Crippen LogP contribution < -0.4 is 5.32 Å². The van der Waals surface area contributed by atoms with Crippen LogP contribution >= 0.6 is 0 Å². The van der Waals surface area contributed by atoms with Gasteiger partial charge in [-0.1, -0.05) is 103 Å². The van der Waals surface area contributed by atoms with Gasteiger partial charge in [-0.05, 0) is 32.4 Å². The quantitative estimate of drug-likeness (QED) is 0.218. The lowest BCUT2D eigenvalue weighted by Gasteiger charge is -2.14. The standard InChI is InChI=1S/C25H50N2O2/c1-2-3-4-5-6-7-8-9-10-11-12-13-14-15-16-17-20-26-25(28)29-24-23-27-21-18-19-22-27/h2-24H2,1H3,(H,26,28). The van der Waals surface area contributed by atoms with Crippen LogP contribution in [0.15, 0.2) is 0 Å². The summed E-state index contributed by atoms with van der Waals surface area (Å²) in [4.78, 5) is 14.0. The van der Waals surface area contributed by atoms with Crippen molar-refractivity contribution in [3.63, 3.8) is 0 Å². The molecule has 0 atom stereocenters. The summed E-state index contributed by atoms with van der Waals surface area (Å²) >= 11 is 0. The van der Waals surface area contributed by atoms with E-state index < -0.39 is 0 Å². The fourth-order valence-corrected chi connectivity index (χ4v) is 4.19. The van der Waals surface area contributed by atoms with Gasteiger partial charge in [-0.15, -0.1) is 0 Å². The van der Waals surface area contributed by atoms with Crippen LogP contribution in [0.25, 0.3) is 0 Å². The number of likely N-dealkylation sites (tertiary alicyclic amines) is 1. The van der Waals surface area contributed by atoms with Gasteiger partial charge in [-0.25, -0.2) is 4.79 Å². The molecule has 0 bridgehead atoms. The average molecular weight is 411 g/mol. The van der Waals surface area contributed by atoms with Gasteiger partial charge in [0.15, 0.2) is 0 Å². The number of hydrogen-bond donors (Lipinski definition) is 1. The van der Waals surface area contributed by atoms with Crippen LogP contribution in [-0.4, -0.2) is 43.8 Å². The van der Waals surface area contributed by atoms with Gasteiger partial charge in [0.05, 0.1) is 0 Å². The van der Waals surface area contributed by atoms with Gasteiger partial charge in [-0.2, -0.15) is 0 Å². The van der Waals surface area contributed by atoms with Gasteiger partial charge in [0.1, 0.15) is 6.61 Å². The lowest BCUT2D eigenvalue weighted by molar-refractivity contribution is 0.132. The molecule has 1 aliphatic heterocycles. The SMILES string of the molecule is CCCCCCCCCCCCCCCCCCNC(=O)OCCN1CCCC1. The summed E-state index contributed by atoms with van der Waals surface area (Å²) in [5, 5.41) is 2.88. The first-order valence-electron chi connectivity index (χ1n) is 13.0. The minimum Gasteiger partial charge on any atom is -0.448 e. The molecule has 1 amide bonds. The lowest BCUT2D eigenvalue weighted by Crippen LogP contribution is -2.30. The monoisotopic (exact) mass is 410 g/mol. The Bertz CT molecular complexity index is 357. The molecule has 4 heteroatoms. The van der Waals surface area contributed by atoms with Crippen molar-refractivity contribution in [3.8, 4) is 0 Å². The van der Waals surface area contributed by atoms with Gasteiger partial charge in [0.2, 0.25) is 0 Å². The maximum absolute atomic E-state index is 11.6. The molecule has 4 nitrogen and oxygen atoms in total. The summed E-state index contributed by atoms with van der Waals surface area (Å²) < 4.78 is 5.24. The van der Waals surface area contributed by atoms with Gasteiger partial charge >= 0.3 is 6.09 Å². The molecule has 0 aromatic carbocycles. The highest BCUT2D eigenvalue weighted by Gasteiger charge is 2.11. The molecule has 1 saturated heterocycles. The van der Waals surface area contributed by atoms with Crippen molar-refractivity contribution in [1.82, 2.24) is 10.2 Å². The second-order valence-corrected chi connectivity index (χ2v) is 8.91. The molecule has 0 aromatic rings. The van der Waals surface area contributed by atoms with Crippen LogP contribution in [0.4, 0.5) is 4.79 Å². The molecule has 29 heavy (non-hydrogen) atoms. The number of rotatable bonds is 20. The summed E-state index contributed by atoms with van der Waals surface area (Å²) in [6, 6.07) is 0. The maximum atomic E-state index is 11.6. The van der Waals surface area contributed by atoms with E-state index in [4.69, 9.17) is 4.74 Å². The minimum atomic E-state index is -0.245. The topological polar surface area (TPSA) is 41.6 Å². The van der Waals surface area contributed by atoms with Crippen molar-refractivity contribution < 1.29 is 9.53 Å². The highest BCUT2D eigenvalue weighted by Crippen LogP contribution is 2.13. The van der Waals surface area contributed by atoms with E-state index in [0.717, 1.165) is 32.6 Å². The summed E-state index contributed by atoms with van der Waals surface area (Å²) in [5.74, 6) is 0. The predicted octanol–water partition coefficient (Wildman–Crippen LogP) is 7.07. The molecule has 0 saturated carbocycles. The second kappa shape index (κ2) is 20.5. The summed E-state index contributed by atoms with van der Waals surface area (Å²) in [7, 11) is 0. The Morgan fingerprint density at radius 3 is 1.66 bits per heavy atom. The van der Waals surface area contributed by atoms with Gasteiger partial charge < -0.3 is 10.1 Å². The van der Waals surface area contributed by atoms with Crippen LogP contribution in [0.1, 0.15) is 122 Å². The second-order valence-electron chi connectivity index (χ2n) is 8.91. The molecule has 1 aliphatic rings. The molecule has 1 fully saturated rings. The van der Waals surface area contributed by atoms with Crippen molar-refractivity contribution in [1.29, 1.82) is 0 Å². The normalized spacial score (nSPS) is 14.4. The molecule has 0 aromatic heterocycles. The van der Waals surface area contributed by atoms with E-state index in [2.05, 4.69) is 17.1 Å². The number of carbonyl (C=O) groups is 1. The first kappa shape index (κ1) is 26.3. The first-order valence-corrected chi connectivity index (χ1v) is 13.0. The Labute approximate surface area is 181 Å². The summed E-state index contributed by atoms with van der Waals surface area (Å²) in [6.45, 7) is 6.75. The third-order valence-electron chi connectivity index (χ3n) is 6.14. The van der Waals surface area contributed by atoms with Crippen LogP contribution in [0.5, 0.6) is 0 Å². The van der Waals surface area contributed by atoms with Crippen molar-refractivity contribution >= 4 is 6.09 Å². The van der Waals surface area contributed by atoms with E-state index in [9.17, 15) is 4.79 Å². The number of hydrogen-bond acceptors (Lipinski definition) is 3. The smallest absolute Gasteiger partial charge is 0.407 e. The van der Waals surface area contributed by atoms with Gasteiger partial charge in [0, 0.05) is 13.1 Å². The number of ether oxygens (including phenoxy) is 1. The Kier molecular flexibility index (Phi) is 18.6. The molecule has 1 N–H and O–H groups in total. The van der Waals surface area contributed by atoms with E-state index >= 15 is 0 Å². The summed E-state index contributed by atoms with van der Waals surface area (Å²) in [5.41, 5.74) is 0. The zero-order chi connectivity index (χ0) is 20.8. The molecule has 0 aliphatic carbocycles. The predicted molar refractivity (Wildman–Crippen MR) is 125 cm³/mol. The molecule has 172 valence electrons. The number of nitrogens with zero attached hydrogens (tertiary/aromatic N) is 1. The van der Waals surface area contributed by atoms with E-state index in [-0.39, 0.29) is 6.09 Å². The fourth-order valence-electron chi connectivity index (χ4n) is 4.19. The highest BCUT2D eigenvalue weighted by molar-refractivity contribution is 5.66. The number of amides is 1. The molecule has 1 heterocycles. The zero-order valence-electron chi connectivity index (χ0n) is 19.5. The van der Waals surface area contributed by atoms with Crippen molar-refractivity contribution in [2.24, 2.45) is 0 Å². The highest BCUT2D eigenvalue weighted by atomic mass is 16.5. The average Bonchev–Trinajstić information content (AvgIpc) is 3.24. The minimum absolute atomic E-state index is 0.245. The molecular weight excluding hydrogens is 360 g/mol. The Balaban J connectivity index is 1.69. The maximum Gasteiger partial charge on any atom is 0.407 e. The van der Waals surface area contributed by atoms with Gasteiger partial charge in [-0.3, -0.25) is 4.90 Å². The first-order chi connectivity index (χ1) is 14.3. The van der Waals surface area contributed by atoms with Crippen molar-refractivity contribution in [2.75, 3.05) is 32.8 Å². The Morgan fingerprint density at radius 2 is 1.17 bits per heavy atom. The number of alkyl carbamates (subject to hydrolysis) is 1. The number of unbranched alkanes of at least 4 members (excludes halogenated alkanes) is 15. The van der Waals surface area contributed by atoms with E-state index in [1.807, 2.05) is 0 Å². The molecular formula is C25H50N2O2. The van der Waals surface area contributed by atoms with Gasteiger partial charge in [0.25, 0.3) is 0 Å². The number of nitrogens with one attached hydrogen (secondary N) is 1. The van der Waals surface area contributed by atoms with Crippen LogP contribution in [0.2, 0.25) is 0 Å². The lowest BCUT2D eigenvalue weighted by atomic mass is 10.0. The van der Waals surface area contributed by atoms with E-state index in [1.165, 1.54) is 109 Å². The van der Waals surface area contributed by atoms with Crippen molar-refractivity contribution in [2.45, 2.75) is 122 Å². The third-order valence-corrected chi connectivity index (χ3v) is 6.14. The van der Waals surface area contributed by atoms with Crippen LogP contribution in [0.3, 0.4) is 0 Å². The van der Waals surface area contributed by atoms with E-state index in [0.29, 0.717) is 6.61 Å².